The van der Waals surface area contributed by atoms with Crippen LogP contribution in [0.1, 0.15) is 31.2 Å². The molecule has 23 heavy (non-hydrogen) atoms. The topological polar surface area (TPSA) is 49.3 Å². The summed E-state index contributed by atoms with van der Waals surface area (Å²) in [5.41, 5.74) is 0.993. The Kier molecular flexibility index (Phi) is 4.46. The van der Waals surface area contributed by atoms with Crippen LogP contribution in [0.5, 0.6) is 0 Å². The van der Waals surface area contributed by atoms with Crippen molar-refractivity contribution in [1.29, 1.82) is 0 Å². The fraction of sp³-hybridized carbons (Fsp3) is 0.688. The van der Waals surface area contributed by atoms with Crippen LogP contribution in [-0.4, -0.2) is 52.9 Å². The fourth-order valence-corrected chi connectivity index (χ4v) is 3.22. The van der Waals surface area contributed by atoms with Gasteiger partial charge in [-0.15, -0.1) is 0 Å². The second-order valence-electron chi connectivity index (χ2n) is 6.53. The predicted molar refractivity (Wildman–Crippen MR) is 82.5 cm³/mol. The number of halogens is 2. The van der Waals surface area contributed by atoms with E-state index in [-0.39, 0.29) is 37.8 Å². The van der Waals surface area contributed by atoms with Gasteiger partial charge in [0.15, 0.2) is 0 Å². The zero-order chi connectivity index (χ0) is 16.4. The Morgan fingerprint density at radius 1 is 1.22 bits per heavy atom. The number of hydrogen-bond acceptors (Lipinski definition) is 4. The van der Waals surface area contributed by atoms with Crippen LogP contribution in [0.25, 0.3) is 0 Å². The molecule has 0 spiro atoms. The van der Waals surface area contributed by atoms with Crippen LogP contribution in [0.4, 0.5) is 14.7 Å². The molecule has 2 fully saturated rings. The SMILES string of the molecule is Cc1cnc(N2CCCC(C(=O)N3CCC(F)(F)CC3)C2)nc1. The van der Waals surface area contributed by atoms with Crippen molar-refractivity contribution in [3.8, 4) is 0 Å². The lowest BCUT2D eigenvalue weighted by Gasteiger charge is -2.37. The van der Waals surface area contributed by atoms with Crippen molar-refractivity contribution >= 4 is 11.9 Å². The van der Waals surface area contributed by atoms with Gasteiger partial charge in [0.1, 0.15) is 0 Å². The van der Waals surface area contributed by atoms with E-state index in [1.165, 1.54) is 0 Å². The molecular weight excluding hydrogens is 302 g/mol. The number of aromatic nitrogens is 2. The van der Waals surface area contributed by atoms with Gasteiger partial charge in [-0.25, -0.2) is 18.7 Å². The summed E-state index contributed by atoms with van der Waals surface area (Å²) in [5.74, 6) is -2.14. The van der Waals surface area contributed by atoms with Gasteiger partial charge < -0.3 is 9.80 Å². The summed E-state index contributed by atoms with van der Waals surface area (Å²) in [6, 6.07) is 0. The number of aryl methyl sites for hydroxylation is 1. The second kappa shape index (κ2) is 6.37. The van der Waals surface area contributed by atoms with E-state index >= 15 is 0 Å². The Hall–Kier alpha value is -1.79. The lowest BCUT2D eigenvalue weighted by atomic mass is 9.95. The highest BCUT2D eigenvalue weighted by atomic mass is 19.3. The molecule has 0 radical (unpaired) electrons. The average Bonchev–Trinajstić information content (AvgIpc) is 2.55. The third-order valence-corrected chi connectivity index (χ3v) is 4.63. The molecule has 5 nitrogen and oxygen atoms in total. The highest BCUT2D eigenvalue weighted by molar-refractivity contribution is 5.79. The molecule has 1 aromatic heterocycles. The summed E-state index contributed by atoms with van der Waals surface area (Å²) in [6.45, 7) is 3.63. The minimum atomic E-state index is -2.62. The van der Waals surface area contributed by atoms with Crippen molar-refractivity contribution in [3.05, 3.63) is 18.0 Å². The Morgan fingerprint density at radius 3 is 2.52 bits per heavy atom. The fourth-order valence-electron chi connectivity index (χ4n) is 3.22. The maximum atomic E-state index is 13.2. The molecule has 2 aliphatic heterocycles. The quantitative estimate of drug-likeness (QED) is 0.837. The van der Waals surface area contributed by atoms with Crippen molar-refractivity contribution in [2.45, 2.75) is 38.5 Å². The van der Waals surface area contributed by atoms with E-state index in [0.717, 1.165) is 24.9 Å². The van der Waals surface area contributed by atoms with Crippen LogP contribution in [0.3, 0.4) is 0 Å². The Balaban J connectivity index is 1.62. The summed E-state index contributed by atoms with van der Waals surface area (Å²) in [5, 5.41) is 0. The monoisotopic (exact) mass is 324 g/mol. The lowest BCUT2D eigenvalue weighted by Crippen LogP contribution is -2.49. The zero-order valence-electron chi connectivity index (χ0n) is 13.3. The summed E-state index contributed by atoms with van der Waals surface area (Å²) in [7, 11) is 0. The van der Waals surface area contributed by atoms with Gasteiger partial charge in [0.05, 0.1) is 5.92 Å². The van der Waals surface area contributed by atoms with Gasteiger partial charge in [-0.1, -0.05) is 0 Å². The number of carbonyl (C=O) groups is 1. The first-order valence-electron chi connectivity index (χ1n) is 8.15. The van der Waals surface area contributed by atoms with E-state index in [1.54, 1.807) is 17.3 Å². The lowest BCUT2D eigenvalue weighted by molar-refractivity contribution is -0.141. The number of nitrogens with zero attached hydrogens (tertiary/aromatic N) is 4. The standard InChI is InChI=1S/C16H22F2N4O/c1-12-9-19-15(20-10-12)22-6-2-3-13(11-22)14(23)21-7-4-16(17,18)5-8-21/h9-10,13H,2-8,11H2,1H3. The number of carbonyl (C=O) groups excluding carboxylic acids is 1. The van der Waals surface area contributed by atoms with E-state index in [2.05, 4.69) is 9.97 Å². The molecule has 126 valence electrons. The molecule has 0 saturated carbocycles. The number of hydrogen-bond donors (Lipinski definition) is 0. The van der Waals surface area contributed by atoms with Gasteiger partial charge in [0, 0.05) is 51.4 Å². The normalized spacial score (nSPS) is 24.6. The molecule has 1 atom stereocenters. The first-order chi connectivity index (χ1) is 10.9. The number of alkyl halides is 2. The Labute approximate surface area is 134 Å². The molecular formula is C16H22F2N4O. The molecule has 3 rings (SSSR count). The van der Waals surface area contributed by atoms with Gasteiger partial charge in [-0.2, -0.15) is 0 Å². The molecule has 7 heteroatoms. The van der Waals surface area contributed by atoms with Gasteiger partial charge in [0.2, 0.25) is 11.9 Å². The van der Waals surface area contributed by atoms with Crippen LogP contribution in [-0.2, 0) is 4.79 Å². The molecule has 2 saturated heterocycles. The van der Waals surface area contributed by atoms with Crippen LogP contribution >= 0.6 is 0 Å². The van der Waals surface area contributed by atoms with Crippen LogP contribution in [0.15, 0.2) is 12.4 Å². The van der Waals surface area contributed by atoms with Crippen LogP contribution in [0.2, 0.25) is 0 Å². The molecule has 1 amide bonds. The number of rotatable bonds is 2. The highest BCUT2D eigenvalue weighted by Gasteiger charge is 2.38. The summed E-state index contributed by atoms with van der Waals surface area (Å²) in [6.07, 6.45) is 4.76. The third kappa shape index (κ3) is 3.76. The maximum Gasteiger partial charge on any atom is 0.251 e. The molecule has 1 unspecified atom stereocenters. The predicted octanol–water partition coefficient (Wildman–Crippen LogP) is 2.26. The third-order valence-electron chi connectivity index (χ3n) is 4.63. The average molecular weight is 324 g/mol. The molecule has 3 heterocycles. The molecule has 0 bridgehead atoms. The van der Waals surface area contributed by atoms with Crippen molar-refractivity contribution in [1.82, 2.24) is 14.9 Å². The first kappa shape index (κ1) is 16.1. The van der Waals surface area contributed by atoms with Gasteiger partial charge in [-0.05, 0) is 25.3 Å². The summed E-state index contributed by atoms with van der Waals surface area (Å²) >= 11 is 0. The van der Waals surface area contributed by atoms with Crippen molar-refractivity contribution in [3.63, 3.8) is 0 Å². The van der Waals surface area contributed by atoms with E-state index in [4.69, 9.17) is 0 Å². The highest BCUT2D eigenvalue weighted by Crippen LogP contribution is 2.29. The van der Waals surface area contributed by atoms with Crippen molar-refractivity contribution < 1.29 is 13.6 Å². The number of piperidine rings is 2. The van der Waals surface area contributed by atoms with E-state index in [0.29, 0.717) is 12.5 Å². The molecule has 0 aliphatic carbocycles. The van der Waals surface area contributed by atoms with Gasteiger partial charge in [0.25, 0.3) is 5.92 Å². The maximum absolute atomic E-state index is 13.2. The minimum Gasteiger partial charge on any atom is -0.342 e. The zero-order valence-corrected chi connectivity index (χ0v) is 13.3. The number of likely N-dealkylation sites (tertiary alicyclic amines) is 1. The Bertz CT molecular complexity index is 554. The van der Waals surface area contributed by atoms with Gasteiger partial charge >= 0.3 is 0 Å². The molecule has 1 aromatic rings. The second-order valence-corrected chi connectivity index (χ2v) is 6.53. The molecule has 0 aromatic carbocycles. The summed E-state index contributed by atoms with van der Waals surface area (Å²) < 4.78 is 26.5. The van der Waals surface area contributed by atoms with Crippen LogP contribution < -0.4 is 4.90 Å². The summed E-state index contributed by atoms with van der Waals surface area (Å²) in [4.78, 5) is 24.9. The number of amides is 1. The molecule has 2 aliphatic rings. The smallest absolute Gasteiger partial charge is 0.251 e. The van der Waals surface area contributed by atoms with E-state index in [9.17, 15) is 13.6 Å². The van der Waals surface area contributed by atoms with E-state index in [1.807, 2.05) is 11.8 Å². The first-order valence-corrected chi connectivity index (χ1v) is 8.15. The molecule has 0 N–H and O–H groups in total. The van der Waals surface area contributed by atoms with Gasteiger partial charge in [-0.3, -0.25) is 4.79 Å². The largest absolute Gasteiger partial charge is 0.342 e. The minimum absolute atomic E-state index is 0.00249. The van der Waals surface area contributed by atoms with Crippen LogP contribution in [0, 0.1) is 12.8 Å². The van der Waals surface area contributed by atoms with Crippen molar-refractivity contribution in [2.24, 2.45) is 5.92 Å². The Morgan fingerprint density at radius 2 is 1.87 bits per heavy atom. The van der Waals surface area contributed by atoms with Crippen molar-refractivity contribution in [2.75, 3.05) is 31.1 Å². The number of anilines is 1. The van der Waals surface area contributed by atoms with E-state index < -0.39 is 5.92 Å².